The van der Waals surface area contributed by atoms with Crippen LogP contribution in [0.2, 0.25) is 5.02 Å². The number of hydrogen-bond acceptors (Lipinski definition) is 10. The predicted octanol–water partition coefficient (Wildman–Crippen LogP) is 5.88. The molecule has 0 spiro atoms. The number of piperidine rings is 4. The number of nitrogens with zero attached hydrogens (tertiary/aromatic N) is 6. The van der Waals surface area contributed by atoms with E-state index in [0.29, 0.717) is 41.1 Å². The van der Waals surface area contributed by atoms with Crippen LogP contribution in [0.3, 0.4) is 0 Å². The zero-order chi connectivity index (χ0) is 41.9. The van der Waals surface area contributed by atoms with Gasteiger partial charge in [-0.1, -0.05) is 60.1 Å². The first-order valence-electron chi connectivity index (χ1n) is 21.9. The molecule has 4 saturated heterocycles. The molecule has 1 unspecified atom stereocenters. The van der Waals surface area contributed by atoms with E-state index in [9.17, 15) is 19.2 Å². The number of ether oxygens (including phenoxy) is 1. The highest BCUT2D eigenvalue weighted by molar-refractivity contribution is 6.33. The SMILES string of the molecule is O=C1CCC(N2Cc3cc(OC4CCN(CCN5CCC(C(=O)N6CCC(Nc7ncc(Cl)c(-c8cccc(-c9ccccc9)c8)n7)CC6)CC5)CC4)ccc3C2=O)C(=O)N1. The number of carbonyl (C=O) groups is 4. The van der Waals surface area contributed by atoms with Crippen molar-refractivity contribution in [3.63, 3.8) is 0 Å². The van der Waals surface area contributed by atoms with Gasteiger partial charge in [-0.15, -0.1) is 0 Å². The van der Waals surface area contributed by atoms with Crippen LogP contribution in [0.5, 0.6) is 5.75 Å². The molecule has 4 amide bonds. The van der Waals surface area contributed by atoms with Gasteiger partial charge >= 0.3 is 0 Å². The minimum absolute atomic E-state index is 0.0836. The van der Waals surface area contributed by atoms with E-state index in [4.69, 9.17) is 21.3 Å². The van der Waals surface area contributed by atoms with E-state index >= 15 is 0 Å². The van der Waals surface area contributed by atoms with Crippen molar-refractivity contribution in [1.29, 1.82) is 0 Å². The van der Waals surface area contributed by atoms with Gasteiger partial charge in [0.05, 0.1) is 16.9 Å². The third-order valence-corrected chi connectivity index (χ3v) is 13.4. The van der Waals surface area contributed by atoms with E-state index < -0.39 is 11.9 Å². The molecule has 9 rings (SSSR count). The number of imide groups is 1. The first-order chi connectivity index (χ1) is 29.7. The highest BCUT2D eigenvalue weighted by Gasteiger charge is 2.39. The van der Waals surface area contributed by atoms with Crippen molar-refractivity contribution in [1.82, 2.24) is 34.9 Å². The topological polar surface area (TPSA) is 140 Å². The number of anilines is 1. The number of aromatic nitrogens is 2. The number of fused-ring (bicyclic) bond motifs is 1. The van der Waals surface area contributed by atoms with E-state index in [-0.39, 0.29) is 36.3 Å². The third-order valence-electron chi connectivity index (χ3n) is 13.1. The number of carbonyl (C=O) groups excluding carboxylic acids is 4. The molecule has 4 aromatic rings. The van der Waals surface area contributed by atoms with Crippen LogP contribution >= 0.6 is 11.6 Å². The Hall–Kier alpha value is -5.37. The van der Waals surface area contributed by atoms with Crippen LogP contribution in [0.1, 0.15) is 67.3 Å². The monoisotopic (exact) mass is 844 g/mol. The van der Waals surface area contributed by atoms with Crippen LogP contribution in [-0.2, 0) is 20.9 Å². The Balaban J connectivity index is 0.675. The summed E-state index contributed by atoms with van der Waals surface area (Å²) in [7, 11) is 0. The number of nitrogens with one attached hydrogen (secondary N) is 2. The van der Waals surface area contributed by atoms with E-state index in [0.717, 1.165) is 119 Å². The molecule has 61 heavy (non-hydrogen) atoms. The lowest BCUT2D eigenvalue weighted by molar-refractivity contribution is -0.138. The molecule has 4 fully saturated rings. The van der Waals surface area contributed by atoms with Gasteiger partial charge in [-0.3, -0.25) is 24.5 Å². The smallest absolute Gasteiger partial charge is 0.255 e. The highest BCUT2D eigenvalue weighted by atomic mass is 35.5. The number of amides is 4. The average molecular weight is 845 g/mol. The maximum atomic E-state index is 13.6. The summed E-state index contributed by atoms with van der Waals surface area (Å²) < 4.78 is 6.39. The Morgan fingerprint density at radius 3 is 2.23 bits per heavy atom. The fourth-order valence-electron chi connectivity index (χ4n) is 9.55. The maximum absolute atomic E-state index is 13.6. The van der Waals surface area contributed by atoms with Gasteiger partial charge in [0.25, 0.3) is 5.91 Å². The summed E-state index contributed by atoms with van der Waals surface area (Å²) in [5, 5.41) is 6.38. The van der Waals surface area contributed by atoms with Crippen molar-refractivity contribution in [3.8, 4) is 28.1 Å². The van der Waals surface area contributed by atoms with Gasteiger partial charge in [0.15, 0.2) is 0 Å². The fraction of sp³-hybridized carbons (Fsp3) is 0.447. The van der Waals surface area contributed by atoms with Crippen molar-refractivity contribution in [3.05, 3.63) is 95.1 Å². The van der Waals surface area contributed by atoms with Gasteiger partial charge in [-0.25, -0.2) is 9.97 Å². The van der Waals surface area contributed by atoms with Crippen LogP contribution in [-0.4, -0.2) is 124 Å². The predicted molar refractivity (Wildman–Crippen MR) is 233 cm³/mol. The Morgan fingerprint density at radius 2 is 1.49 bits per heavy atom. The first-order valence-corrected chi connectivity index (χ1v) is 22.2. The Kier molecular flexibility index (Phi) is 12.3. The second-order valence-electron chi connectivity index (χ2n) is 17.1. The highest BCUT2D eigenvalue weighted by Crippen LogP contribution is 2.33. The van der Waals surface area contributed by atoms with Crippen molar-refractivity contribution in [2.24, 2.45) is 5.92 Å². The minimum Gasteiger partial charge on any atom is -0.490 e. The maximum Gasteiger partial charge on any atom is 0.255 e. The summed E-state index contributed by atoms with van der Waals surface area (Å²) in [5.41, 5.74) is 5.32. The van der Waals surface area contributed by atoms with Crippen molar-refractivity contribution < 1.29 is 23.9 Å². The quantitative estimate of drug-likeness (QED) is 0.176. The van der Waals surface area contributed by atoms with E-state index in [1.54, 1.807) is 17.2 Å². The normalized spacial score (nSPS) is 21.1. The first kappa shape index (κ1) is 41.0. The third kappa shape index (κ3) is 9.44. The molecule has 3 aromatic carbocycles. The van der Waals surface area contributed by atoms with Gasteiger partial charge in [-0.2, -0.15) is 0 Å². The molecule has 1 atom stereocenters. The summed E-state index contributed by atoms with van der Waals surface area (Å²) in [6.07, 6.45) is 7.70. The number of halogens is 1. The van der Waals surface area contributed by atoms with Crippen molar-refractivity contribution in [2.45, 2.75) is 76.1 Å². The number of benzene rings is 3. The lowest BCUT2D eigenvalue weighted by Crippen LogP contribution is -2.52. The van der Waals surface area contributed by atoms with Crippen LogP contribution in [0.15, 0.2) is 79.0 Å². The van der Waals surface area contributed by atoms with Crippen LogP contribution in [0, 0.1) is 5.92 Å². The molecule has 0 radical (unpaired) electrons. The Morgan fingerprint density at radius 1 is 0.787 bits per heavy atom. The largest absolute Gasteiger partial charge is 0.490 e. The average Bonchev–Trinajstić information content (AvgIpc) is 3.61. The van der Waals surface area contributed by atoms with Gasteiger partial charge in [0.1, 0.15) is 17.9 Å². The fourth-order valence-corrected chi connectivity index (χ4v) is 9.75. The summed E-state index contributed by atoms with van der Waals surface area (Å²) in [6, 6.07) is 23.6. The number of hydrogen-bond donors (Lipinski definition) is 2. The standard InChI is InChI=1S/C47H53ClN8O5/c48-40-29-49-47(52-43(40)34-8-4-7-33(27-34)31-5-2-1-3-6-31)50-36-15-23-55(24-16-36)45(59)32-13-19-53(20-14-32)25-26-54-21-17-37(18-22-54)61-38-9-10-39-35(28-38)30-56(46(39)60)41-11-12-42(57)51-44(41)58/h1-10,27-29,32,36-37,41H,11-26,30H2,(H,49,50,52)(H,51,57,58). The summed E-state index contributed by atoms with van der Waals surface area (Å²) in [5.74, 6) is 0.815. The molecular weight excluding hydrogens is 792 g/mol. The molecule has 1 aromatic heterocycles. The van der Waals surface area contributed by atoms with Crippen LogP contribution < -0.4 is 15.4 Å². The molecule has 0 bridgehead atoms. The lowest BCUT2D eigenvalue weighted by Gasteiger charge is -2.38. The van der Waals surface area contributed by atoms with E-state index in [2.05, 4.69) is 54.6 Å². The molecule has 0 saturated carbocycles. The molecule has 318 valence electrons. The second-order valence-corrected chi connectivity index (χ2v) is 17.5. The molecular formula is C47H53ClN8O5. The molecule has 5 aliphatic heterocycles. The van der Waals surface area contributed by atoms with Crippen LogP contribution in [0.4, 0.5) is 5.95 Å². The minimum atomic E-state index is -0.623. The summed E-state index contributed by atoms with van der Waals surface area (Å²) in [4.78, 5) is 68.7. The Labute approximate surface area is 361 Å². The van der Waals surface area contributed by atoms with Crippen molar-refractivity contribution >= 4 is 41.2 Å². The zero-order valence-electron chi connectivity index (χ0n) is 34.4. The molecule has 2 N–H and O–H groups in total. The number of likely N-dealkylation sites (tertiary alicyclic amines) is 3. The molecule has 0 aliphatic carbocycles. The van der Waals surface area contributed by atoms with Crippen molar-refractivity contribution in [2.75, 3.05) is 57.7 Å². The second kappa shape index (κ2) is 18.3. The summed E-state index contributed by atoms with van der Waals surface area (Å²) in [6.45, 7) is 7.61. The van der Waals surface area contributed by atoms with Gasteiger partial charge in [0.2, 0.25) is 23.7 Å². The van der Waals surface area contributed by atoms with E-state index in [1.165, 1.54) is 0 Å². The van der Waals surface area contributed by atoms with Crippen LogP contribution in [0.25, 0.3) is 22.4 Å². The Bertz CT molecular complexity index is 2250. The van der Waals surface area contributed by atoms with Gasteiger partial charge in [0, 0.05) is 75.3 Å². The number of rotatable bonds is 11. The molecule has 5 aliphatic rings. The van der Waals surface area contributed by atoms with Gasteiger partial charge < -0.3 is 29.7 Å². The molecule has 6 heterocycles. The zero-order valence-corrected chi connectivity index (χ0v) is 35.2. The lowest BCUT2D eigenvalue weighted by atomic mass is 9.93. The van der Waals surface area contributed by atoms with Gasteiger partial charge in [-0.05, 0) is 99.0 Å². The van der Waals surface area contributed by atoms with E-state index in [1.807, 2.05) is 42.5 Å². The molecule has 13 nitrogen and oxygen atoms in total. The summed E-state index contributed by atoms with van der Waals surface area (Å²) >= 11 is 6.60. The molecule has 14 heteroatoms.